The topological polar surface area (TPSA) is 40.5 Å². The van der Waals surface area contributed by atoms with Crippen LogP contribution < -0.4 is 0 Å². The quantitative estimate of drug-likeness (QED) is 0.772. The van der Waals surface area contributed by atoms with E-state index >= 15 is 0 Å². The Hall–Kier alpha value is -0.380. The molecule has 0 spiro atoms. The van der Waals surface area contributed by atoms with Crippen LogP contribution in [0, 0.1) is 0 Å². The number of aliphatic hydroxyl groups excluding tert-OH is 2. The van der Waals surface area contributed by atoms with E-state index in [0.717, 1.165) is 12.8 Å². The zero-order chi connectivity index (χ0) is 12.0. The van der Waals surface area contributed by atoms with E-state index in [2.05, 4.69) is 19.1 Å². The van der Waals surface area contributed by atoms with Crippen LogP contribution in [0.5, 0.6) is 0 Å². The van der Waals surface area contributed by atoms with Crippen LogP contribution in [-0.4, -0.2) is 22.4 Å². The van der Waals surface area contributed by atoms with Gasteiger partial charge in [-0.1, -0.05) is 20.3 Å². The molecular formula is C13H22O2S. The smallest absolute Gasteiger partial charge is 0.0802 e. The zero-order valence-corrected chi connectivity index (χ0v) is 11.0. The zero-order valence-electron chi connectivity index (χ0n) is 10.1. The summed E-state index contributed by atoms with van der Waals surface area (Å²) in [6, 6.07) is 4.31. The Bertz CT molecular complexity index is 296. The molecule has 1 heterocycles. The summed E-state index contributed by atoms with van der Waals surface area (Å²) in [6.07, 6.45) is 3.30. The van der Waals surface area contributed by atoms with Gasteiger partial charge in [0.2, 0.25) is 0 Å². The van der Waals surface area contributed by atoms with Crippen LogP contribution in [0.4, 0.5) is 0 Å². The summed E-state index contributed by atoms with van der Waals surface area (Å²) in [5, 5.41) is 19.1. The lowest BCUT2D eigenvalue weighted by atomic mass is 10.1. The minimum atomic E-state index is -0.582. The number of thiophene rings is 1. The van der Waals surface area contributed by atoms with Crippen LogP contribution in [0.2, 0.25) is 0 Å². The van der Waals surface area contributed by atoms with Gasteiger partial charge in [-0.05, 0) is 37.8 Å². The Balaban J connectivity index is 2.36. The van der Waals surface area contributed by atoms with Crippen molar-refractivity contribution in [3.63, 3.8) is 0 Å². The first-order valence-electron chi connectivity index (χ1n) is 6.11. The van der Waals surface area contributed by atoms with Crippen molar-refractivity contribution in [3.8, 4) is 0 Å². The van der Waals surface area contributed by atoms with Crippen molar-refractivity contribution in [2.75, 3.05) is 0 Å². The molecule has 2 unspecified atom stereocenters. The molecule has 0 aliphatic rings. The lowest BCUT2D eigenvalue weighted by molar-refractivity contribution is 0.0131. The molecule has 0 aromatic carbocycles. The highest BCUT2D eigenvalue weighted by molar-refractivity contribution is 7.11. The Morgan fingerprint density at radius 3 is 2.25 bits per heavy atom. The predicted molar refractivity (Wildman–Crippen MR) is 68.9 cm³/mol. The fraction of sp³-hybridized carbons (Fsp3) is 0.692. The Kier molecular flexibility index (Phi) is 6.03. The molecule has 1 rings (SSSR count). The van der Waals surface area contributed by atoms with Crippen molar-refractivity contribution in [1.82, 2.24) is 0 Å². The van der Waals surface area contributed by atoms with Gasteiger partial charge in [0.1, 0.15) is 0 Å². The third-order valence-corrected chi connectivity index (χ3v) is 3.97. The molecule has 0 bridgehead atoms. The molecular weight excluding hydrogens is 220 g/mol. The molecule has 1 aromatic heterocycles. The van der Waals surface area contributed by atoms with Crippen molar-refractivity contribution < 1.29 is 10.2 Å². The average molecular weight is 242 g/mol. The molecule has 0 aliphatic carbocycles. The minimum Gasteiger partial charge on any atom is -0.390 e. The molecule has 0 amide bonds. The summed E-state index contributed by atoms with van der Waals surface area (Å²) in [4.78, 5) is 2.73. The van der Waals surface area contributed by atoms with Crippen LogP contribution in [0.25, 0.3) is 0 Å². The second kappa shape index (κ2) is 7.05. The van der Waals surface area contributed by atoms with Gasteiger partial charge < -0.3 is 10.2 Å². The van der Waals surface area contributed by atoms with E-state index in [4.69, 9.17) is 0 Å². The summed E-state index contributed by atoms with van der Waals surface area (Å²) in [7, 11) is 0. The SMILES string of the molecule is CCCc1ccc(CCC(O)C(O)CC)s1. The van der Waals surface area contributed by atoms with Gasteiger partial charge in [-0.25, -0.2) is 0 Å². The Labute approximate surface area is 102 Å². The largest absolute Gasteiger partial charge is 0.390 e. The molecule has 0 fully saturated rings. The van der Waals surface area contributed by atoms with E-state index in [1.54, 1.807) is 0 Å². The van der Waals surface area contributed by atoms with Gasteiger partial charge in [0.05, 0.1) is 12.2 Å². The first-order chi connectivity index (χ1) is 7.67. The highest BCUT2D eigenvalue weighted by Gasteiger charge is 2.14. The average Bonchev–Trinajstić information content (AvgIpc) is 2.73. The monoisotopic (exact) mass is 242 g/mol. The molecule has 2 N–H and O–H groups in total. The van der Waals surface area contributed by atoms with Crippen LogP contribution in [0.15, 0.2) is 12.1 Å². The maximum absolute atomic E-state index is 9.64. The first-order valence-corrected chi connectivity index (χ1v) is 6.92. The van der Waals surface area contributed by atoms with Crippen LogP contribution in [0.1, 0.15) is 42.9 Å². The fourth-order valence-electron chi connectivity index (χ4n) is 1.69. The van der Waals surface area contributed by atoms with Gasteiger partial charge in [0, 0.05) is 9.75 Å². The maximum Gasteiger partial charge on any atom is 0.0802 e. The first kappa shape index (κ1) is 13.7. The van der Waals surface area contributed by atoms with Gasteiger partial charge in [0.15, 0.2) is 0 Å². The van der Waals surface area contributed by atoms with Crippen molar-refractivity contribution >= 4 is 11.3 Å². The van der Waals surface area contributed by atoms with Crippen molar-refractivity contribution in [1.29, 1.82) is 0 Å². The van der Waals surface area contributed by atoms with Gasteiger partial charge >= 0.3 is 0 Å². The molecule has 0 saturated carbocycles. The third-order valence-electron chi connectivity index (χ3n) is 2.76. The van der Waals surface area contributed by atoms with E-state index in [-0.39, 0.29) is 0 Å². The third kappa shape index (κ3) is 4.24. The molecule has 0 saturated heterocycles. The normalized spacial score (nSPS) is 15.0. The second-order valence-electron chi connectivity index (χ2n) is 4.20. The Morgan fingerprint density at radius 2 is 1.69 bits per heavy atom. The molecule has 2 nitrogen and oxygen atoms in total. The van der Waals surface area contributed by atoms with E-state index in [1.165, 1.54) is 16.2 Å². The summed E-state index contributed by atoms with van der Waals surface area (Å²) in [5.41, 5.74) is 0. The summed E-state index contributed by atoms with van der Waals surface area (Å²) in [6.45, 7) is 4.07. The maximum atomic E-state index is 9.64. The summed E-state index contributed by atoms with van der Waals surface area (Å²) < 4.78 is 0. The highest BCUT2D eigenvalue weighted by Crippen LogP contribution is 2.20. The molecule has 2 atom stereocenters. The van der Waals surface area contributed by atoms with Crippen molar-refractivity contribution in [2.24, 2.45) is 0 Å². The van der Waals surface area contributed by atoms with Gasteiger partial charge in [-0.3, -0.25) is 0 Å². The number of aryl methyl sites for hydroxylation is 2. The van der Waals surface area contributed by atoms with Gasteiger partial charge in [0.25, 0.3) is 0 Å². The van der Waals surface area contributed by atoms with Crippen LogP contribution in [0.3, 0.4) is 0 Å². The highest BCUT2D eigenvalue weighted by atomic mass is 32.1. The van der Waals surface area contributed by atoms with Crippen molar-refractivity contribution in [3.05, 3.63) is 21.9 Å². The number of hydrogen-bond donors (Lipinski definition) is 2. The standard InChI is InChI=1S/C13H22O2S/c1-3-5-10-6-7-11(16-10)8-9-13(15)12(14)4-2/h6-7,12-15H,3-5,8-9H2,1-2H3. The number of rotatable bonds is 7. The summed E-state index contributed by atoms with van der Waals surface area (Å²) >= 11 is 1.83. The predicted octanol–water partition coefficient (Wildman–Crippen LogP) is 2.77. The molecule has 0 aliphatic heterocycles. The fourth-order valence-corrected chi connectivity index (χ4v) is 2.83. The molecule has 16 heavy (non-hydrogen) atoms. The van der Waals surface area contributed by atoms with E-state index in [9.17, 15) is 10.2 Å². The number of aliphatic hydroxyl groups is 2. The lowest BCUT2D eigenvalue weighted by Crippen LogP contribution is -2.25. The van der Waals surface area contributed by atoms with E-state index in [1.807, 2.05) is 18.3 Å². The van der Waals surface area contributed by atoms with E-state index < -0.39 is 12.2 Å². The molecule has 3 heteroatoms. The molecule has 1 aromatic rings. The Morgan fingerprint density at radius 1 is 1.06 bits per heavy atom. The van der Waals surface area contributed by atoms with Gasteiger partial charge in [-0.2, -0.15) is 0 Å². The molecule has 92 valence electrons. The van der Waals surface area contributed by atoms with Crippen molar-refractivity contribution in [2.45, 2.75) is 58.2 Å². The van der Waals surface area contributed by atoms with Crippen LogP contribution >= 0.6 is 11.3 Å². The molecule has 0 radical (unpaired) electrons. The lowest BCUT2D eigenvalue weighted by Gasteiger charge is -2.15. The number of hydrogen-bond acceptors (Lipinski definition) is 3. The van der Waals surface area contributed by atoms with Gasteiger partial charge in [-0.15, -0.1) is 11.3 Å². The van der Waals surface area contributed by atoms with E-state index in [0.29, 0.717) is 12.8 Å². The van der Waals surface area contributed by atoms with Crippen LogP contribution in [-0.2, 0) is 12.8 Å². The second-order valence-corrected chi connectivity index (χ2v) is 5.45. The summed E-state index contributed by atoms with van der Waals surface area (Å²) in [5.74, 6) is 0. The minimum absolute atomic E-state index is 0.574.